The van der Waals surface area contributed by atoms with E-state index >= 15 is 0 Å². The molecule has 1 heterocycles. The quantitative estimate of drug-likeness (QED) is 0.0199. The van der Waals surface area contributed by atoms with Gasteiger partial charge in [-0.2, -0.15) is 8.42 Å². The summed E-state index contributed by atoms with van der Waals surface area (Å²) in [5, 5.41) is 30.7. The van der Waals surface area contributed by atoms with Crippen LogP contribution < -0.4 is 0 Å². The summed E-state index contributed by atoms with van der Waals surface area (Å²) in [4.78, 5) is 12.9. The van der Waals surface area contributed by atoms with Gasteiger partial charge in [0.1, 0.15) is 30.5 Å². The molecule has 6 atom stereocenters. The monoisotopic (exact) mass is 883 g/mol. The third kappa shape index (κ3) is 32.8. The van der Waals surface area contributed by atoms with E-state index in [9.17, 15) is 28.5 Å². The molecule has 0 aromatic carbocycles. The highest BCUT2D eigenvalue weighted by Gasteiger charge is 2.48. The molecule has 4 N–H and O–H groups in total. The SMILES string of the molecule is CC/C=C\C/C=C\C/C=C\C/C=C\CCCCCCC(=O)OC(COCCCCCCCC/C=C\C/C=C\CCCCCC)COC1OC(CO)C(O)C(OS(=O)(=O)O)C1O. The number of allylic oxidation sites excluding steroid dienone is 12. The summed E-state index contributed by atoms with van der Waals surface area (Å²) in [7, 11) is -5.07. The highest BCUT2D eigenvalue weighted by molar-refractivity contribution is 7.80. The molecule has 0 aliphatic carbocycles. The maximum atomic E-state index is 12.9. The molecule has 13 heteroatoms. The van der Waals surface area contributed by atoms with Crippen molar-refractivity contribution in [2.24, 2.45) is 0 Å². The number of carbonyl (C=O) groups excluding carboxylic acids is 1. The maximum Gasteiger partial charge on any atom is 0.397 e. The van der Waals surface area contributed by atoms with E-state index in [1.807, 2.05) is 0 Å². The average molecular weight is 883 g/mol. The number of unbranched alkanes of at least 4 members (excludes halogenated alkanes) is 14. The minimum Gasteiger partial charge on any atom is -0.457 e. The van der Waals surface area contributed by atoms with Gasteiger partial charge in [-0.05, 0) is 83.5 Å². The lowest BCUT2D eigenvalue weighted by Gasteiger charge is -2.41. The van der Waals surface area contributed by atoms with Crippen LogP contribution in [0.25, 0.3) is 0 Å². The van der Waals surface area contributed by atoms with Gasteiger partial charge in [0.2, 0.25) is 0 Å². The third-order valence-electron chi connectivity index (χ3n) is 10.1. The smallest absolute Gasteiger partial charge is 0.397 e. The van der Waals surface area contributed by atoms with Crippen LogP contribution in [-0.2, 0) is 38.3 Å². The van der Waals surface area contributed by atoms with E-state index in [0.717, 1.165) is 89.9 Å². The summed E-state index contributed by atoms with van der Waals surface area (Å²) < 4.78 is 59.1. The summed E-state index contributed by atoms with van der Waals surface area (Å²) in [5.74, 6) is -0.429. The zero-order valence-electron chi connectivity index (χ0n) is 37.4. The summed E-state index contributed by atoms with van der Waals surface area (Å²) in [6.45, 7) is 3.79. The topological polar surface area (TPSA) is 178 Å². The molecule has 12 nitrogen and oxygen atoms in total. The molecule has 1 saturated heterocycles. The van der Waals surface area contributed by atoms with Crippen molar-refractivity contribution in [2.75, 3.05) is 26.4 Å². The molecule has 1 aliphatic heterocycles. The number of hydrogen-bond acceptors (Lipinski definition) is 11. The second-order valence-corrected chi connectivity index (χ2v) is 16.7. The van der Waals surface area contributed by atoms with E-state index in [4.69, 9.17) is 23.5 Å². The summed E-state index contributed by atoms with van der Waals surface area (Å²) in [6, 6.07) is 0. The molecule has 0 radical (unpaired) electrons. The van der Waals surface area contributed by atoms with Gasteiger partial charge in [0.25, 0.3) is 0 Å². The number of esters is 1. The number of aliphatic hydroxyl groups is 3. The predicted octanol–water partition coefficient (Wildman–Crippen LogP) is 9.91. The minimum atomic E-state index is -5.07. The molecule has 0 amide bonds. The highest BCUT2D eigenvalue weighted by Crippen LogP contribution is 2.26. The number of carbonyl (C=O) groups is 1. The lowest BCUT2D eigenvalue weighted by Crippen LogP contribution is -2.60. The van der Waals surface area contributed by atoms with Crippen LogP contribution in [0.2, 0.25) is 0 Å². The summed E-state index contributed by atoms with van der Waals surface area (Å²) in [5.41, 5.74) is 0. The van der Waals surface area contributed by atoms with Crippen molar-refractivity contribution in [3.05, 3.63) is 72.9 Å². The number of aliphatic hydroxyl groups excluding tert-OH is 3. The van der Waals surface area contributed by atoms with E-state index in [1.165, 1.54) is 44.9 Å². The van der Waals surface area contributed by atoms with Crippen molar-refractivity contribution in [3.8, 4) is 0 Å². The first-order valence-electron chi connectivity index (χ1n) is 23.2. The molecule has 1 fully saturated rings. The van der Waals surface area contributed by atoms with Gasteiger partial charge in [0.05, 0.1) is 19.8 Å². The Labute approximate surface area is 369 Å². The zero-order valence-corrected chi connectivity index (χ0v) is 38.3. The molecule has 6 unspecified atom stereocenters. The number of rotatable bonds is 39. The molecule has 0 aromatic rings. The van der Waals surface area contributed by atoms with Gasteiger partial charge in [-0.3, -0.25) is 9.35 Å². The van der Waals surface area contributed by atoms with Crippen LogP contribution in [0.1, 0.15) is 162 Å². The maximum absolute atomic E-state index is 12.9. The Balaban J connectivity index is 2.46. The Kier molecular flexibility index (Phi) is 36.3. The fourth-order valence-electron chi connectivity index (χ4n) is 6.57. The van der Waals surface area contributed by atoms with Crippen molar-refractivity contribution in [1.82, 2.24) is 0 Å². The minimum absolute atomic E-state index is 0.0147. The lowest BCUT2D eigenvalue weighted by atomic mass is 9.99. The van der Waals surface area contributed by atoms with Gasteiger partial charge in [0, 0.05) is 13.0 Å². The molecule has 1 aliphatic rings. The first-order chi connectivity index (χ1) is 29.6. The van der Waals surface area contributed by atoms with Crippen LogP contribution in [0, 0.1) is 0 Å². The van der Waals surface area contributed by atoms with Crippen LogP contribution in [0.4, 0.5) is 0 Å². The van der Waals surface area contributed by atoms with Gasteiger partial charge in [0.15, 0.2) is 6.29 Å². The van der Waals surface area contributed by atoms with Crippen molar-refractivity contribution in [3.63, 3.8) is 0 Å². The molecule has 61 heavy (non-hydrogen) atoms. The van der Waals surface area contributed by atoms with Crippen LogP contribution in [0.5, 0.6) is 0 Å². The molecule has 1 rings (SSSR count). The highest BCUT2D eigenvalue weighted by atomic mass is 32.3. The number of hydrogen-bond donors (Lipinski definition) is 4. The van der Waals surface area contributed by atoms with Gasteiger partial charge in [-0.1, -0.05) is 145 Å². The van der Waals surface area contributed by atoms with E-state index in [0.29, 0.717) is 13.0 Å². The zero-order chi connectivity index (χ0) is 44.7. The van der Waals surface area contributed by atoms with E-state index in [1.54, 1.807) is 0 Å². The Morgan fingerprint density at radius 2 is 1.13 bits per heavy atom. The normalized spacial score (nSPS) is 20.8. The predicted molar refractivity (Wildman–Crippen MR) is 243 cm³/mol. The molecule has 0 spiro atoms. The first kappa shape index (κ1) is 56.6. The Hall–Kier alpha value is -2.46. The molecule has 0 bridgehead atoms. The van der Waals surface area contributed by atoms with E-state index in [-0.39, 0.29) is 19.6 Å². The van der Waals surface area contributed by atoms with Crippen molar-refractivity contribution >= 4 is 16.4 Å². The van der Waals surface area contributed by atoms with Gasteiger partial charge >= 0.3 is 16.4 Å². The van der Waals surface area contributed by atoms with Crippen LogP contribution >= 0.6 is 0 Å². The van der Waals surface area contributed by atoms with E-state index in [2.05, 4.69) is 90.9 Å². The molecule has 0 saturated carbocycles. The fraction of sp³-hybridized carbons (Fsp3) is 0.729. The van der Waals surface area contributed by atoms with Gasteiger partial charge in [-0.15, -0.1) is 0 Å². The lowest BCUT2D eigenvalue weighted by molar-refractivity contribution is -0.301. The Bertz CT molecular complexity index is 1340. The molecule has 352 valence electrons. The fourth-order valence-corrected chi connectivity index (χ4v) is 7.08. The van der Waals surface area contributed by atoms with Gasteiger partial charge in [-0.25, -0.2) is 4.18 Å². The van der Waals surface area contributed by atoms with Gasteiger partial charge < -0.3 is 34.3 Å². The van der Waals surface area contributed by atoms with Crippen LogP contribution in [0.15, 0.2) is 72.9 Å². The molecular weight excluding hydrogens is 801 g/mol. The summed E-state index contributed by atoms with van der Waals surface area (Å²) in [6.07, 6.45) is 40.7. The van der Waals surface area contributed by atoms with Crippen molar-refractivity contribution in [1.29, 1.82) is 0 Å². The first-order valence-corrected chi connectivity index (χ1v) is 24.6. The van der Waals surface area contributed by atoms with Crippen molar-refractivity contribution < 1.29 is 56.2 Å². The third-order valence-corrected chi connectivity index (χ3v) is 10.5. The van der Waals surface area contributed by atoms with E-state index < -0.39 is 59.8 Å². The summed E-state index contributed by atoms with van der Waals surface area (Å²) >= 11 is 0. The standard InChI is InChI=1S/C48H82O12S/c1-3-5-7-9-11-13-15-17-19-21-23-25-27-29-31-33-35-37-44(50)58-42(41-57-48-46(52)47(60-61(53,54)55)45(51)43(39-49)59-48)40-56-38-36-34-32-30-28-26-24-22-20-18-16-14-12-10-8-6-4-2/h5,7,11,13-14,16-17,19-20,22-23,25,42-43,45-49,51-52H,3-4,6,8-10,12,15,18,21,24,26-41H2,1-2H3,(H,53,54,55)/b7-5-,13-11-,16-14-,19-17-,22-20-,25-23-. The largest absolute Gasteiger partial charge is 0.457 e. The van der Waals surface area contributed by atoms with Crippen LogP contribution in [0.3, 0.4) is 0 Å². The van der Waals surface area contributed by atoms with Crippen molar-refractivity contribution in [2.45, 2.75) is 198 Å². The Morgan fingerprint density at radius 3 is 1.66 bits per heavy atom. The van der Waals surface area contributed by atoms with Crippen LogP contribution in [-0.4, -0.2) is 97.5 Å². The molecule has 0 aromatic heterocycles. The average Bonchev–Trinajstić information content (AvgIpc) is 3.23. The Morgan fingerprint density at radius 1 is 0.639 bits per heavy atom. The second kappa shape index (κ2) is 39.2. The second-order valence-electron chi connectivity index (χ2n) is 15.6. The number of ether oxygens (including phenoxy) is 4. The molecular formula is C48H82O12S.